The van der Waals surface area contributed by atoms with Gasteiger partial charge in [0, 0.05) is 23.5 Å². The molecule has 0 aliphatic carbocycles. The highest BCUT2D eigenvalue weighted by Gasteiger charge is 2.55. The van der Waals surface area contributed by atoms with E-state index in [4.69, 9.17) is 0 Å². The van der Waals surface area contributed by atoms with Gasteiger partial charge in [-0.25, -0.2) is 14.6 Å². The van der Waals surface area contributed by atoms with Crippen LogP contribution in [-0.2, 0) is 5.60 Å². The van der Waals surface area contributed by atoms with E-state index < -0.39 is 17.5 Å². The third-order valence-electron chi connectivity index (χ3n) is 4.47. The quantitative estimate of drug-likeness (QED) is 0.387. The van der Waals surface area contributed by atoms with Crippen LogP contribution < -0.4 is 0 Å². The Morgan fingerprint density at radius 2 is 1.69 bits per heavy atom. The Hall–Kier alpha value is -2.91. The van der Waals surface area contributed by atoms with Crippen molar-refractivity contribution in [3.05, 3.63) is 78.8 Å². The van der Waals surface area contributed by atoms with Gasteiger partial charge >= 0.3 is 6.18 Å². The number of fused-ring (bicyclic) bond motifs is 1. The van der Waals surface area contributed by atoms with Crippen LogP contribution in [0.4, 0.5) is 13.2 Å². The van der Waals surface area contributed by atoms with Crippen molar-refractivity contribution in [1.29, 1.82) is 0 Å². The molecule has 4 rings (SSSR count). The molecule has 0 saturated carbocycles. The number of halogens is 3. The van der Waals surface area contributed by atoms with Crippen LogP contribution in [0.3, 0.4) is 0 Å². The summed E-state index contributed by atoms with van der Waals surface area (Å²) in [5.74, 6) is -0.668. The zero-order valence-corrected chi connectivity index (χ0v) is 15.7. The minimum absolute atomic E-state index is 0.160. The number of thioether (sulfide) groups is 1. The summed E-state index contributed by atoms with van der Waals surface area (Å²) >= 11 is 0.743. The van der Waals surface area contributed by atoms with Crippen LogP contribution in [0, 0.1) is 0 Å². The molecule has 0 amide bonds. The Bertz CT molecular complexity index is 1120. The van der Waals surface area contributed by atoms with Crippen LogP contribution >= 0.6 is 11.8 Å². The van der Waals surface area contributed by atoms with Crippen molar-refractivity contribution in [3.8, 4) is 5.69 Å². The van der Waals surface area contributed by atoms with Crippen LogP contribution in [0.5, 0.6) is 0 Å². The summed E-state index contributed by atoms with van der Waals surface area (Å²) in [5, 5.41) is 15.6. The fourth-order valence-corrected chi connectivity index (χ4v) is 3.86. The van der Waals surface area contributed by atoms with E-state index in [1.54, 1.807) is 10.7 Å². The predicted molar refractivity (Wildman–Crippen MR) is 104 cm³/mol. The molecule has 2 aromatic carbocycles. The molecule has 1 unspecified atom stereocenters. The van der Waals surface area contributed by atoms with E-state index in [2.05, 4.69) is 15.1 Å². The third-order valence-corrected chi connectivity index (χ3v) is 5.50. The van der Waals surface area contributed by atoms with Gasteiger partial charge in [0.1, 0.15) is 0 Å². The average molecular weight is 416 g/mol. The van der Waals surface area contributed by atoms with Crippen molar-refractivity contribution in [2.75, 3.05) is 5.75 Å². The monoisotopic (exact) mass is 416 g/mol. The Balaban J connectivity index is 1.71. The van der Waals surface area contributed by atoms with Crippen molar-refractivity contribution < 1.29 is 18.3 Å². The maximum atomic E-state index is 13.8. The Labute approximate surface area is 168 Å². The van der Waals surface area contributed by atoms with Gasteiger partial charge in [0.25, 0.3) is 0 Å². The first-order valence-corrected chi connectivity index (χ1v) is 9.60. The van der Waals surface area contributed by atoms with E-state index >= 15 is 0 Å². The van der Waals surface area contributed by atoms with Gasteiger partial charge in [0.2, 0.25) is 0 Å². The maximum absolute atomic E-state index is 13.8. The highest BCUT2D eigenvalue weighted by Crippen LogP contribution is 2.43. The summed E-state index contributed by atoms with van der Waals surface area (Å²) in [4.78, 5) is 7.81. The van der Waals surface area contributed by atoms with Crippen molar-refractivity contribution in [1.82, 2.24) is 19.7 Å². The number of aliphatic hydroxyl groups is 1. The fraction of sp³-hybridized carbons (Fsp3) is 0.150. The molecule has 148 valence electrons. The SMILES string of the molecule is OC(CSc1ncccn1)(c1ccc2c(cnn2-c2ccccc2)c1)C(F)(F)F. The lowest BCUT2D eigenvalue weighted by atomic mass is 9.94. The van der Waals surface area contributed by atoms with Gasteiger partial charge in [-0.15, -0.1) is 0 Å². The van der Waals surface area contributed by atoms with Crippen molar-refractivity contribution in [2.45, 2.75) is 16.9 Å². The van der Waals surface area contributed by atoms with E-state index in [9.17, 15) is 18.3 Å². The second-order valence-electron chi connectivity index (χ2n) is 6.34. The molecule has 4 aromatic rings. The molecule has 2 aromatic heterocycles. The molecule has 0 spiro atoms. The summed E-state index contributed by atoms with van der Waals surface area (Å²) in [5.41, 5.74) is -1.88. The summed E-state index contributed by atoms with van der Waals surface area (Å²) in [6.07, 6.45) is -0.522. The van der Waals surface area contributed by atoms with E-state index in [-0.39, 0.29) is 10.7 Å². The molecule has 5 nitrogen and oxygen atoms in total. The zero-order chi connectivity index (χ0) is 20.5. The van der Waals surface area contributed by atoms with E-state index in [1.165, 1.54) is 36.8 Å². The number of rotatable bonds is 5. The third kappa shape index (κ3) is 3.70. The number of hydrogen-bond donors (Lipinski definition) is 1. The molecule has 9 heteroatoms. The zero-order valence-electron chi connectivity index (χ0n) is 14.9. The van der Waals surface area contributed by atoms with Crippen LogP contribution in [-0.4, -0.2) is 36.8 Å². The smallest absolute Gasteiger partial charge is 0.376 e. The topological polar surface area (TPSA) is 63.8 Å². The van der Waals surface area contributed by atoms with Crippen LogP contribution in [0.1, 0.15) is 5.56 Å². The molecular formula is C20H15F3N4OS. The average Bonchev–Trinajstić information content (AvgIpc) is 3.16. The van der Waals surface area contributed by atoms with Crippen LogP contribution in [0.15, 0.2) is 78.3 Å². The molecule has 2 heterocycles. The number of alkyl halides is 3. The molecule has 0 aliphatic heterocycles. The Morgan fingerprint density at radius 1 is 0.966 bits per heavy atom. The first kappa shape index (κ1) is 19.4. The van der Waals surface area contributed by atoms with Gasteiger partial charge in [-0.2, -0.15) is 18.3 Å². The first-order valence-electron chi connectivity index (χ1n) is 8.61. The van der Waals surface area contributed by atoms with Crippen molar-refractivity contribution >= 4 is 22.7 Å². The molecule has 29 heavy (non-hydrogen) atoms. The highest BCUT2D eigenvalue weighted by atomic mass is 32.2. The minimum Gasteiger partial charge on any atom is -0.376 e. The van der Waals surface area contributed by atoms with E-state index in [0.29, 0.717) is 10.9 Å². The number of aromatic nitrogens is 4. The van der Waals surface area contributed by atoms with Gasteiger partial charge in [0.05, 0.1) is 17.4 Å². The van der Waals surface area contributed by atoms with Gasteiger partial charge in [0.15, 0.2) is 10.8 Å². The van der Waals surface area contributed by atoms with Crippen LogP contribution in [0.2, 0.25) is 0 Å². The molecule has 0 saturated heterocycles. The van der Waals surface area contributed by atoms with Gasteiger partial charge in [-0.3, -0.25) is 0 Å². The lowest BCUT2D eigenvalue weighted by Gasteiger charge is -2.30. The number of benzene rings is 2. The predicted octanol–water partition coefficient (Wildman–Crippen LogP) is 4.36. The lowest BCUT2D eigenvalue weighted by molar-refractivity contribution is -0.256. The number of nitrogens with zero attached hydrogens (tertiary/aromatic N) is 4. The lowest BCUT2D eigenvalue weighted by Crippen LogP contribution is -2.44. The molecular weight excluding hydrogens is 401 g/mol. The van der Waals surface area contributed by atoms with E-state index in [1.807, 2.05) is 30.3 Å². The van der Waals surface area contributed by atoms with Gasteiger partial charge in [-0.1, -0.05) is 36.0 Å². The summed E-state index contributed by atoms with van der Waals surface area (Å²) in [6.45, 7) is 0. The number of hydrogen-bond acceptors (Lipinski definition) is 5. The molecule has 0 aliphatic rings. The molecule has 1 N–H and O–H groups in total. The minimum atomic E-state index is -4.88. The Kier molecular flexibility index (Phi) is 5.01. The molecule has 0 bridgehead atoms. The normalized spacial score (nSPS) is 14.1. The largest absolute Gasteiger partial charge is 0.422 e. The number of para-hydroxylation sites is 1. The highest BCUT2D eigenvalue weighted by molar-refractivity contribution is 7.99. The maximum Gasteiger partial charge on any atom is 0.422 e. The molecule has 1 atom stereocenters. The summed E-state index contributed by atoms with van der Waals surface area (Å²) < 4.78 is 43.2. The molecule has 0 fully saturated rings. The second kappa shape index (κ2) is 7.49. The first-order chi connectivity index (χ1) is 13.9. The Morgan fingerprint density at radius 3 is 2.38 bits per heavy atom. The fourth-order valence-electron chi connectivity index (χ4n) is 2.92. The standard InChI is InChI=1S/C20H15F3N4OS/c21-20(22,23)19(28,13-29-18-24-9-4-10-25-18)15-7-8-17-14(11-15)12-26-27(17)16-5-2-1-3-6-16/h1-12,28H,13H2. The summed E-state index contributed by atoms with van der Waals surface area (Å²) in [7, 11) is 0. The van der Waals surface area contributed by atoms with Crippen molar-refractivity contribution in [3.63, 3.8) is 0 Å². The summed E-state index contributed by atoms with van der Waals surface area (Å²) in [6, 6.07) is 15.0. The molecule has 0 radical (unpaired) electrons. The van der Waals surface area contributed by atoms with Gasteiger partial charge < -0.3 is 5.11 Å². The second-order valence-corrected chi connectivity index (χ2v) is 7.29. The van der Waals surface area contributed by atoms with Crippen molar-refractivity contribution in [2.24, 2.45) is 0 Å². The van der Waals surface area contributed by atoms with Crippen LogP contribution in [0.25, 0.3) is 16.6 Å². The van der Waals surface area contributed by atoms with E-state index in [0.717, 1.165) is 17.4 Å². The van der Waals surface area contributed by atoms with Gasteiger partial charge in [-0.05, 0) is 35.9 Å².